The van der Waals surface area contributed by atoms with Gasteiger partial charge in [-0.15, -0.1) is 0 Å². The van der Waals surface area contributed by atoms with Crippen LogP contribution in [0.2, 0.25) is 0 Å². The highest BCUT2D eigenvalue weighted by Crippen LogP contribution is 2.06. The van der Waals surface area contributed by atoms with E-state index in [0.29, 0.717) is 13.2 Å². The van der Waals surface area contributed by atoms with Crippen molar-refractivity contribution in [3.05, 3.63) is 0 Å². The SMILES string of the molecule is CC(C)(C)OC(=O)COCCCOCCCCCBr. The largest absolute Gasteiger partial charge is 0.458 e. The number of hydrogen-bond acceptors (Lipinski definition) is 4. The fourth-order valence-corrected chi connectivity index (χ4v) is 1.76. The topological polar surface area (TPSA) is 44.8 Å². The van der Waals surface area contributed by atoms with E-state index in [9.17, 15) is 4.79 Å². The fourth-order valence-electron chi connectivity index (χ4n) is 1.37. The van der Waals surface area contributed by atoms with Gasteiger partial charge in [-0.1, -0.05) is 22.4 Å². The zero-order valence-corrected chi connectivity index (χ0v) is 14.0. The Labute approximate surface area is 125 Å². The number of hydrogen-bond donors (Lipinski definition) is 0. The van der Waals surface area contributed by atoms with E-state index in [4.69, 9.17) is 14.2 Å². The van der Waals surface area contributed by atoms with Crippen LogP contribution in [0.5, 0.6) is 0 Å². The van der Waals surface area contributed by atoms with Crippen molar-refractivity contribution < 1.29 is 19.0 Å². The van der Waals surface area contributed by atoms with Crippen molar-refractivity contribution in [3.8, 4) is 0 Å². The van der Waals surface area contributed by atoms with Crippen molar-refractivity contribution in [3.63, 3.8) is 0 Å². The summed E-state index contributed by atoms with van der Waals surface area (Å²) in [6.07, 6.45) is 4.30. The molecule has 0 saturated carbocycles. The Hall–Kier alpha value is -0.130. The number of ether oxygens (including phenoxy) is 3. The van der Waals surface area contributed by atoms with Crippen molar-refractivity contribution >= 4 is 21.9 Å². The maximum absolute atomic E-state index is 11.3. The van der Waals surface area contributed by atoms with Gasteiger partial charge in [0.15, 0.2) is 0 Å². The second kappa shape index (κ2) is 11.7. The van der Waals surface area contributed by atoms with Crippen LogP contribution in [0.1, 0.15) is 46.5 Å². The van der Waals surface area contributed by atoms with Crippen molar-refractivity contribution in [1.29, 1.82) is 0 Å². The van der Waals surface area contributed by atoms with E-state index in [1.54, 1.807) is 0 Å². The lowest BCUT2D eigenvalue weighted by Gasteiger charge is -2.19. The molecule has 0 saturated heterocycles. The molecule has 5 heteroatoms. The number of halogens is 1. The molecule has 0 aromatic heterocycles. The number of alkyl halides is 1. The second-order valence-electron chi connectivity index (χ2n) is 5.35. The molecule has 0 radical (unpaired) electrons. The van der Waals surface area contributed by atoms with E-state index >= 15 is 0 Å². The third kappa shape index (κ3) is 15.8. The summed E-state index contributed by atoms with van der Waals surface area (Å²) in [6.45, 7) is 7.56. The number of carbonyl (C=O) groups is 1. The van der Waals surface area contributed by atoms with Crippen molar-refractivity contribution in [2.45, 2.75) is 52.1 Å². The molecule has 0 aromatic rings. The van der Waals surface area contributed by atoms with Gasteiger partial charge in [-0.3, -0.25) is 0 Å². The smallest absolute Gasteiger partial charge is 0.332 e. The van der Waals surface area contributed by atoms with Gasteiger partial charge in [-0.2, -0.15) is 0 Å². The van der Waals surface area contributed by atoms with Gasteiger partial charge in [-0.25, -0.2) is 4.79 Å². The maximum Gasteiger partial charge on any atom is 0.332 e. The van der Waals surface area contributed by atoms with Gasteiger partial charge in [0.2, 0.25) is 0 Å². The Balaban J connectivity index is 3.21. The van der Waals surface area contributed by atoms with Crippen LogP contribution in [-0.2, 0) is 19.0 Å². The molecule has 0 aliphatic heterocycles. The normalized spacial score (nSPS) is 11.6. The molecule has 19 heavy (non-hydrogen) atoms. The molecule has 4 nitrogen and oxygen atoms in total. The molecule has 0 rings (SSSR count). The average molecular weight is 339 g/mol. The Morgan fingerprint density at radius 2 is 1.58 bits per heavy atom. The first-order valence-corrected chi connectivity index (χ1v) is 8.01. The number of unbranched alkanes of at least 4 members (excludes halogenated alkanes) is 2. The van der Waals surface area contributed by atoms with Crippen LogP contribution in [0, 0.1) is 0 Å². The molecule has 0 fully saturated rings. The molecule has 0 heterocycles. The zero-order valence-electron chi connectivity index (χ0n) is 12.4. The van der Waals surface area contributed by atoms with Gasteiger partial charge in [0.25, 0.3) is 0 Å². The van der Waals surface area contributed by atoms with E-state index in [-0.39, 0.29) is 12.6 Å². The molecule has 0 amide bonds. The van der Waals surface area contributed by atoms with Gasteiger partial charge in [0.05, 0.1) is 0 Å². The lowest BCUT2D eigenvalue weighted by molar-refractivity contribution is -0.160. The summed E-state index contributed by atoms with van der Waals surface area (Å²) in [4.78, 5) is 11.3. The highest BCUT2D eigenvalue weighted by Gasteiger charge is 2.15. The van der Waals surface area contributed by atoms with E-state index in [2.05, 4.69) is 15.9 Å². The van der Waals surface area contributed by atoms with Gasteiger partial charge in [0.1, 0.15) is 12.2 Å². The number of esters is 1. The van der Waals surface area contributed by atoms with Crippen molar-refractivity contribution in [1.82, 2.24) is 0 Å². The van der Waals surface area contributed by atoms with Crippen LogP contribution in [0.3, 0.4) is 0 Å². The lowest BCUT2D eigenvalue weighted by Crippen LogP contribution is -2.26. The molecule has 0 aliphatic carbocycles. The van der Waals surface area contributed by atoms with Crippen LogP contribution < -0.4 is 0 Å². The molecular formula is C14H27BrO4. The Morgan fingerprint density at radius 1 is 0.947 bits per heavy atom. The van der Waals surface area contributed by atoms with E-state index < -0.39 is 5.60 Å². The first-order chi connectivity index (χ1) is 8.95. The van der Waals surface area contributed by atoms with Crippen LogP contribution in [0.25, 0.3) is 0 Å². The van der Waals surface area contributed by atoms with Gasteiger partial charge in [-0.05, 0) is 40.0 Å². The molecule has 0 bridgehead atoms. The molecular weight excluding hydrogens is 312 g/mol. The van der Waals surface area contributed by atoms with Crippen LogP contribution in [0.4, 0.5) is 0 Å². The molecule has 0 aliphatic rings. The van der Waals surface area contributed by atoms with Crippen molar-refractivity contribution in [2.75, 3.05) is 31.8 Å². The minimum atomic E-state index is -0.446. The quantitative estimate of drug-likeness (QED) is 0.329. The number of rotatable bonds is 11. The van der Waals surface area contributed by atoms with Crippen molar-refractivity contribution in [2.24, 2.45) is 0 Å². The summed E-state index contributed by atoms with van der Waals surface area (Å²) in [5, 5.41) is 1.06. The highest BCUT2D eigenvalue weighted by molar-refractivity contribution is 9.09. The summed E-state index contributed by atoms with van der Waals surface area (Å²) in [6, 6.07) is 0. The molecule has 0 unspecified atom stereocenters. The van der Waals surface area contributed by atoms with E-state index in [1.165, 1.54) is 12.8 Å². The third-order valence-electron chi connectivity index (χ3n) is 2.14. The first kappa shape index (κ1) is 18.9. The first-order valence-electron chi connectivity index (χ1n) is 6.89. The summed E-state index contributed by atoms with van der Waals surface area (Å²) < 4.78 is 15.8. The Bertz CT molecular complexity index is 226. The number of carbonyl (C=O) groups excluding carboxylic acids is 1. The predicted octanol–water partition coefficient (Wildman–Crippen LogP) is 3.32. The van der Waals surface area contributed by atoms with Crippen LogP contribution >= 0.6 is 15.9 Å². The summed E-state index contributed by atoms with van der Waals surface area (Å²) >= 11 is 3.40. The van der Waals surface area contributed by atoms with Gasteiger partial charge < -0.3 is 14.2 Å². The lowest BCUT2D eigenvalue weighted by atomic mass is 10.2. The van der Waals surface area contributed by atoms with Gasteiger partial charge in [0, 0.05) is 25.2 Å². The molecule has 114 valence electrons. The summed E-state index contributed by atoms with van der Waals surface area (Å²) in [5.41, 5.74) is -0.446. The summed E-state index contributed by atoms with van der Waals surface area (Å²) in [5.74, 6) is -0.316. The second-order valence-corrected chi connectivity index (χ2v) is 6.15. The monoisotopic (exact) mass is 338 g/mol. The fraction of sp³-hybridized carbons (Fsp3) is 0.929. The minimum Gasteiger partial charge on any atom is -0.458 e. The van der Waals surface area contributed by atoms with Crippen LogP contribution in [-0.4, -0.2) is 43.3 Å². The molecule has 0 atom stereocenters. The molecule has 0 spiro atoms. The zero-order chi connectivity index (χ0) is 14.6. The minimum absolute atomic E-state index is 0.0164. The van der Waals surface area contributed by atoms with E-state index in [0.717, 1.165) is 24.8 Å². The Kier molecular flexibility index (Phi) is 11.6. The van der Waals surface area contributed by atoms with Gasteiger partial charge >= 0.3 is 5.97 Å². The maximum atomic E-state index is 11.3. The third-order valence-corrected chi connectivity index (χ3v) is 2.70. The molecule has 0 N–H and O–H groups in total. The molecule has 0 aromatic carbocycles. The standard InChI is InChI=1S/C14H27BrO4/c1-14(2,3)19-13(16)12-18-11-7-10-17-9-6-4-5-8-15/h4-12H2,1-3H3. The van der Waals surface area contributed by atoms with Crippen LogP contribution in [0.15, 0.2) is 0 Å². The average Bonchev–Trinajstić information content (AvgIpc) is 2.29. The Morgan fingerprint density at radius 3 is 2.21 bits per heavy atom. The van der Waals surface area contributed by atoms with E-state index in [1.807, 2.05) is 20.8 Å². The highest BCUT2D eigenvalue weighted by atomic mass is 79.9. The summed E-state index contributed by atoms with van der Waals surface area (Å²) in [7, 11) is 0. The predicted molar refractivity (Wildman–Crippen MR) is 79.7 cm³/mol.